The molecule has 0 unspecified atom stereocenters. The lowest BCUT2D eigenvalue weighted by Crippen LogP contribution is -2.13. The highest BCUT2D eigenvalue weighted by Crippen LogP contribution is 2.35. The molecule has 1 heterocycles. The number of rotatable bonds is 1. The van der Waals surface area contributed by atoms with Gasteiger partial charge in [0.15, 0.2) is 5.17 Å². The Labute approximate surface area is 101 Å². The van der Waals surface area contributed by atoms with Crippen molar-refractivity contribution in [3.8, 4) is 0 Å². The number of para-hydroxylation sites is 1. The summed E-state index contributed by atoms with van der Waals surface area (Å²) in [6.07, 6.45) is -4.35. The molecule has 0 fully saturated rings. The second-order valence-electron chi connectivity index (χ2n) is 3.74. The van der Waals surface area contributed by atoms with Crippen LogP contribution in [0.1, 0.15) is 12.5 Å². The van der Waals surface area contributed by atoms with Gasteiger partial charge in [-0.25, -0.2) is 0 Å². The molecule has 1 aromatic rings. The van der Waals surface area contributed by atoms with E-state index in [1.54, 1.807) is 6.07 Å². The topological polar surface area (TPSA) is 24.4 Å². The smallest absolute Gasteiger partial charge is 0.334 e. The van der Waals surface area contributed by atoms with Gasteiger partial charge in [-0.1, -0.05) is 30.8 Å². The number of hydrogen-bond acceptors (Lipinski definition) is 3. The molecule has 1 aliphatic rings. The van der Waals surface area contributed by atoms with E-state index in [0.717, 1.165) is 6.07 Å². The average Bonchev–Trinajstić information content (AvgIpc) is 2.63. The van der Waals surface area contributed by atoms with E-state index in [1.807, 2.05) is 6.92 Å². The number of alkyl halides is 3. The average molecular weight is 260 g/mol. The number of aliphatic imine (C=N–C) groups is 1. The third kappa shape index (κ3) is 2.94. The molecule has 1 aromatic carbocycles. The summed E-state index contributed by atoms with van der Waals surface area (Å²) in [7, 11) is 0. The van der Waals surface area contributed by atoms with Crippen molar-refractivity contribution in [1.82, 2.24) is 0 Å². The lowest BCUT2D eigenvalue weighted by molar-refractivity contribution is -0.136. The standard InChI is InChI=1S/C11H11F3N2S/c1-7-6-15-10(17-7)16-9-5-3-2-4-8(9)11(12,13)14/h2-5,7H,6H2,1H3,(H,15,16)/t7-/m1/s1. The number of hydrogen-bond donors (Lipinski definition) is 1. The van der Waals surface area contributed by atoms with Crippen LogP contribution in [-0.4, -0.2) is 17.0 Å². The molecule has 6 heteroatoms. The second kappa shape index (κ2) is 4.60. The summed E-state index contributed by atoms with van der Waals surface area (Å²) in [4.78, 5) is 4.14. The first-order valence-corrected chi connectivity index (χ1v) is 5.99. The van der Waals surface area contributed by atoms with Gasteiger partial charge in [-0.3, -0.25) is 4.99 Å². The molecule has 17 heavy (non-hydrogen) atoms. The van der Waals surface area contributed by atoms with Crippen molar-refractivity contribution in [1.29, 1.82) is 0 Å². The first kappa shape index (κ1) is 12.3. The largest absolute Gasteiger partial charge is 0.418 e. The van der Waals surface area contributed by atoms with Gasteiger partial charge >= 0.3 is 6.18 Å². The van der Waals surface area contributed by atoms with Gasteiger partial charge in [-0.05, 0) is 12.1 Å². The Kier molecular flexibility index (Phi) is 3.33. The third-order valence-electron chi connectivity index (χ3n) is 2.28. The maximum absolute atomic E-state index is 12.7. The Balaban J connectivity index is 2.22. The first-order valence-electron chi connectivity index (χ1n) is 5.11. The maximum atomic E-state index is 12.7. The maximum Gasteiger partial charge on any atom is 0.418 e. The Hall–Kier alpha value is -1.17. The van der Waals surface area contributed by atoms with E-state index in [-0.39, 0.29) is 5.69 Å². The van der Waals surface area contributed by atoms with Crippen LogP contribution in [0.3, 0.4) is 0 Å². The van der Waals surface area contributed by atoms with Crippen LogP contribution >= 0.6 is 11.8 Å². The normalized spacial score (nSPS) is 20.2. The Morgan fingerprint density at radius 3 is 2.65 bits per heavy atom. The molecule has 0 radical (unpaired) electrons. The molecule has 1 N–H and O–H groups in total. The Morgan fingerprint density at radius 2 is 2.06 bits per heavy atom. The molecule has 0 bridgehead atoms. The van der Waals surface area contributed by atoms with Gasteiger partial charge in [-0.2, -0.15) is 13.2 Å². The van der Waals surface area contributed by atoms with Gasteiger partial charge in [-0.15, -0.1) is 0 Å². The van der Waals surface area contributed by atoms with Crippen molar-refractivity contribution in [2.45, 2.75) is 18.3 Å². The molecule has 0 aliphatic carbocycles. The molecule has 0 aromatic heterocycles. The zero-order valence-corrected chi connectivity index (χ0v) is 9.90. The van der Waals surface area contributed by atoms with Crippen molar-refractivity contribution in [2.75, 3.05) is 11.9 Å². The van der Waals surface area contributed by atoms with Crippen molar-refractivity contribution < 1.29 is 13.2 Å². The minimum absolute atomic E-state index is 0.0559. The van der Waals surface area contributed by atoms with E-state index < -0.39 is 11.7 Å². The fourth-order valence-electron chi connectivity index (χ4n) is 1.50. The van der Waals surface area contributed by atoms with E-state index in [2.05, 4.69) is 10.3 Å². The third-order valence-corrected chi connectivity index (χ3v) is 3.28. The number of nitrogens with zero attached hydrogens (tertiary/aromatic N) is 1. The molecular formula is C11H11F3N2S. The van der Waals surface area contributed by atoms with Gasteiger partial charge in [0, 0.05) is 5.25 Å². The molecule has 0 saturated carbocycles. The zero-order valence-electron chi connectivity index (χ0n) is 9.08. The van der Waals surface area contributed by atoms with Gasteiger partial charge in [0.05, 0.1) is 17.8 Å². The molecule has 0 saturated heterocycles. The summed E-state index contributed by atoms with van der Waals surface area (Å²) in [5.41, 5.74) is -0.608. The van der Waals surface area contributed by atoms with Gasteiger partial charge in [0.25, 0.3) is 0 Å². The van der Waals surface area contributed by atoms with E-state index in [4.69, 9.17) is 0 Å². The SMILES string of the molecule is C[C@@H]1CN=C(Nc2ccccc2C(F)(F)F)S1. The summed E-state index contributed by atoms with van der Waals surface area (Å²) in [6, 6.07) is 5.42. The number of nitrogens with one attached hydrogen (secondary N) is 1. The van der Waals surface area contributed by atoms with Crippen LogP contribution in [-0.2, 0) is 6.18 Å². The highest BCUT2D eigenvalue weighted by atomic mass is 32.2. The van der Waals surface area contributed by atoms with Crippen molar-refractivity contribution in [2.24, 2.45) is 4.99 Å². The van der Waals surface area contributed by atoms with Crippen LogP contribution in [0.15, 0.2) is 29.3 Å². The van der Waals surface area contributed by atoms with E-state index in [9.17, 15) is 13.2 Å². The predicted octanol–water partition coefficient (Wildman–Crippen LogP) is 3.61. The van der Waals surface area contributed by atoms with Crippen LogP contribution in [0.2, 0.25) is 0 Å². The number of benzene rings is 1. The lowest BCUT2D eigenvalue weighted by atomic mass is 10.2. The highest BCUT2D eigenvalue weighted by Gasteiger charge is 2.33. The van der Waals surface area contributed by atoms with Crippen molar-refractivity contribution in [3.05, 3.63) is 29.8 Å². The van der Waals surface area contributed by atoms with Crippen LogP contribution in [0.5, 0.6) is 0 Å². The molecule has 0 amide bonds. The number of anilines is 1. The Bertz CT molecular complexity index is 443. The molecular weight excluding hydrogens is 249 g/mol. The Morgan fingerprint density at radius 1 is 1.35 bits per heavy atom. The van der Waals surface area contributed by atoms with Crippen molar-refractivity contribution in [3.63, 3.8) is 0 Å². The number of thioether (sulfide) groups is 1. The fourth-order valence-corrected chi connectivity index (χ4v) is 2.35. The summed E-state index contributed by atoms with van der Waals surface area (Å²) < 4.78 is 38.1. The molecule has 2 nitrogen and oxygen atoms in total. The van der Waals surface area contributed by atoms with E-state index in [0.29, 0.717) is 17.0 Å². The summed E-state index contributed by atoms with van der Waals surface area (Å²) in [6.45, 7) is 2.62. The monoisotopic (exact) mass is 260 g/mol. The van der Waals surface area contributed by atoms with Crippen LogP contribution in [0.4, 0.5) is 18.9 Å². The summed E-state index contributed by atoms with van der Waals surface area (Å²) in [5.74, 6) is 0. The molecule has 2 rings (SSSR count). The highest BCUT2D eigenvalue weighted by molar-refractivity contribution is 8.15. The van der Waals surface area contributed by atoms with Crippen molar-refractivity contribution >= 4 is 22.6 Å². The minimum Gasteiger partial charge on any atom is -0.334 e. The minimum atomic E-state index is -4.35. The zero-order chi connectivity index (χ0) is 12.5. The van der Waals surface area contributed by atoms with Crippen LogP contribution in [0.25, 0.3) is 0 Å². The lowest BCUT2D eigenvalue weighted by Gasteiger charge is -2.13. The van der Waals surface area contributed by atoms with Crippen LogP contribution in [0, 0.1) is 0 Å². The van der Waals surface area contributed by atoms with Gasteiger partial charge < -0.3 is 5.32 Å². The van der Waals surface area contributed by atoms with E-state index >= 15 is 0 Å². The molecule has 1 atom stereocenters. The van der Waals surface area contributed by atoms with E-state index in [1.165, 1.54) is 23.9 Å². The number of amidine groups is 1. The quantitative estimate of drug-likeness (QED) is 0.834. The van der Waals surface area contributed by atoms with Gasteiger partial charge in [0.1, 0.15) is 0 Å². The molecule has 0 spiro atoms. The fraction of sp³-hybridized carbons (Fsp3) is 0.364. The number of halogens is 3. The second-order valence-corrected chi connectivity index (χ2v) is 5.17. The summed E-state index contributed by atoms with van der Waals surface area (Å²) in [5, 5.41) is 3.60. The first-order chi connectivity index (χ1) is 7.97. The van der Waals surface area contributed by atoms with Gasteiger partial charge in [0.2, 0.25) is 0 Å². The molecule has 92 valence electrons. The summed E-state index contributed by atoms with van der Waals surface area (Å²) >= 11 is 1.45. The predicted molar refractivity (Wildman–Crippen MR) is 64.4 cm³/mol. The molecule has 1 aliphatic heterocycles. The van der Waals surface area contributed by atoms with Crippen LogP contribution < -0.4 is 5.32 Å².